The molecule has 1 heterocycles. The fourth-order valence-electron chi connectivity index (χ4n) is 2.09. The Morgan fingerprint density at radius 3 is 2.88 bits per heavy atom. The first-order valence-electron chi connectivity index (χ1n) is 5.35. The second kappa shape index (κ2) is 5.59. The monoisotopic (exact) mass is 278 g/mol. The molecule has 0 amide bonds. The number of hydrogen-bond acceptors (Lipinski definition) is 1. The van der Waals surface area contributed by atoms with E-state index in [2.05, 4.69) is 0 Å². The number of alkyl halides is 1. The van der Waals surface area contributed by atoms with E-state index in [-0.39, 0.29) is 6.10 Å². The minimum atomic E-state index is -0.0163. The van der Waals surface area contributed by atoms with E-state index in [1.807, 2.05) is 12.1 Å². The topological polar surface area (TPSA) is 9.23 Å². The van der Waals surface area contributed by atoms with Crippen LogP contribution in [-0.4, -0.2) is 12.5 Å². The fraction of sp³-hybridized carbons (Fsp3) is 0.500. The second-order valence-electron chi connectivity index (χ2n) is 3.99. The molecule has 88 valence electrons. The van der Waals surface area contributed by atoms with Gasteiger partial charge in [0.05, 0.1) is 16.1 Å². The minimum absolute atomic E-state index is 0.0163. The molecule has 0 bridgehead atoms. The van der Waals surface area contributed by atoms with E-state index in [0.29, 0.717) is 21.8 Å². The van der Waals surface area contributed by atoms with Crippen molar-refractivity contribution in [2.45, 2.75) is 18.9 Å². The minimum Gasteiger partial charge on any atom is -0.373 e. The summed E-state index contributed by atoms with van der Waals surface area (Å²) in [6, 6.07) is 5.64. The molecule has 0 radical (unpaired) electrons. The molecule has 1 aliphatic rings. The van der Waals surface area contributed by atoms with Crippen LogP contribution in [0.3, 0.4) is 0 Å². The van der Waals surface area contributed by atoms with Gasteiger partial charge in [-0.25, -0.2) is 0 Å². The average molecular weight is 280 g/mol. The van der Waals surface area contributed by atoms with E-state index in [1.54, 1.807) is 6.07 Å². The summed E-state index contributed by atoms with van der Waals surface area (Å²) in [6.45, 7) is 0.765. The van der Waals surface area contributed by atoms with Crippen LogP contribution in [0.4, 0.5) is 0 Å². The highest BCUT2D eigenvalue weighted by Crippen LogP contribution is 2.39. The summed E-state index contributed by atoms with van der Waals surface area (Å²) in [7, 11) is 0. The maximum Gasteiger partial charge on any atom is 0.0879 e. The molecule has 0 saturated carbocycles. The van der Waals surface area contributed by atoms with Gasteiger partial charge in [-0.05, 0) is 18.9 Å². The van der Waals surface area contributed by atoms with Crippen LogP contribution in [0, 0.1) is 5.92 Å². The van der Waals surface area contributed by atoms with Gasteiger partial charge in [-0.2, -0.15) is 0 Å². The van der Waals surface area contributed by atoms with E-state index < -0.39 is 0 Å². The lowest BCUT2D eigenvalue weighted by Crippen LogP contribution is -2.24. The van der Waals surface area contributed by atoms with Crippen molar-refractivity contribution >= 4 is 34.8 Å². The third-order valence-corrected chi connectivity index (χ3v) is 4.16. The largest absolute Gasteiger partial charge is 0.373 e. The van der Waals surface area contributed by atoms with Crippen molar-refractivity contribution in [1.82, 2.24) is 0 Å². The molecule has 0 spiro atoms. The summed E-state index contributed by atoms with van der Waals surface area (Å²) in [5.74, 6) is 0.916. The Hall–Kier alpha value is 0.0500. The van der Waals surface area contributed by atoms with E-state index in [1.165, 1.54) is 0 Å². The molecule has 1 aromatic rings. The normalized spacial score (nSPS) is 25.7. The van der Waals surface area contributed by atoms with E-state index in [9.17, 15) is 0 Å². The predicted molar refractivity (Wildman–Crippen MR) is 68.6 cm³/mol. The number of benzene rings is 1. The number of ether oxygens (including phenoxy) is 1. The van der Waals surface area contributed by atoms with Gasteiger partial charge in [-0.3, -0.25) is 0 Å². The summed E-state index contributed by atoms with van der Waals surface area (Å²) in [6.07, 6.45) is 2.13. The first-order valence-corrected chi connectivity index (χ1v) is 6.64. The maximum atomic E-state index is 6.19. The van der Waals surface area contributed by atoms with Crippen LogP contribution >= 0.6 is 34.8 Å². The lowest BCUT2D eigenvalue weighted by molar-refractivity contribution is -0.0207. The standard InChI is InChI=1S/C12H13Cl3O/c13-7-8-3-2-6-16-12(8)9-4-1-5-10(14)11(9)15/h1,4-5,8,12H,2-3,6-7H2. The highest BCUT2D eigenvalue weighted by atomic mass is 35.5. The van der Waals surface area contributed by atoms with Gasteiger partial charge in [0, 0.05) is 24.0 Å². The van der Waals surface area contributed by atoms with Crippen molar-refractivity contribution in [1.29, 1.82) is 0 Å². The summed E-state index contributed by atoms with van der Waals surface area (Å²) in [4.78, 5) is 0. The maximum absolute atomic E-state index is 6.19. The summed E-state index contributed by atoms with van der Waals surface area (Å²) < 4.78 is 5.78. The number of halogens is 3. The highest BCUT2D eigenvalue weighted by Gasteiger charge is 2.28. The SMILES string of the molecule is ClCC1CCCOC1c1cccc(Cl)c1Cl. The average Bonchev–Trinajstić information content (AvgIpc) is 2.33. The van der Waals surface area contributed by atoms with Gasteiger partial charge in [0.2, 0.25) is 0 Å². The Morgan fingerprint density at radius 2 is 2.12 bits per heavy atom. The molecule has 1 aliphatic heterocycles. The molecular weight excluding hydrogens is 266 g/mol. The van der Waals surface area contributed by atoms with Gasteiger partial charge in [0.15, 0.2) is 0 Å². The van der Waals surface area contributed by atoms with Gasteiger partial charge < -0.3 is 4.74 Å². The molecule has 4 heteroatoms. The van der Waals surface area contributed by atoms with Crippen molar-refractivity contribution in [3.8, 4) is 0 Å². The van der Waals surface area contributed by atoms with Crippen molar-refractivity contribution in [3.05, 3.63) is 33.8 Å². The Morgan fingerprint density at radius 1 is 1.31 bits per heavy atom. The van der Waals surface area contributed by atoms with E-state index in [0.717, 1.165) is 25.0 Å². The fourth-order valence-corrected chi connectivity index (χ4v) is 2.82. The zero-order valence-electron chi connectivity index (χ0n) is 8.76. The Bertz CT molecular complexity index is 367. The lowest BCUT2D eigenvalue weighted by atomic mass is 9.91. The van der Waals surface area contributed by atoms with Gasteiger partial charge in [0.1, 0.15) is 0 Å². The third kappa shape index (κ3) is 2.48. The van der Waals surface area contributed by atoms with Gasteiger partial charge in [0.25, 0.3) is 0 Å². The molecule has 1 saturated heterocycles. The van der Waals surface area contributed by atoms with Crippen LogP contribution in [-0.2, 0) is 4.74 Å². The number of hydrogen-bond donors (Lipinski definition) is 0. The quantitative estimate of drug-likeness (QED) is 0.713. The summed E-state index contributed by atoms with van der Waals surface area (Å²) in [5.41, 5.74) is 0.958. The first-order chi connectivity index (χ1) is 7.74. The Kier molecular flexibility index (Phi) is 4.37. The smallest absolute Gasteiger partial charge is 0.0879 e. The molecule has 0 N–H and O–H groups in total. The molecule has 16 heavy (non-hydrogen) atoms. The second-order valence-corrected chi connectivity index (χ2v) is 5.08. The van der Waals surface area contributed by atoms with Gasteiger partial charge in [-0.1, -0.05) is 35.3 Å². The van der Waals surface area contributed by atoms with Crippen LogP contribution in [0.5, 0.6) is 0 Å². The first kappa shape index (κ1) is 12.5. The predicted octanol–water partition coefficient (Wildman–Crippen LogP) is 4.70. The molecule has 0 aromatic heterocycles. The van der Waals surface area contributed by atoms with Crippen molar-refractivity contribution in [3.63, 3.8) is 0 Å². The molecule has 1 fully saturated rings. The Labute approximate surface area is 111 Å². The molecular formula is C12H13Cl3O. The van der Waals surface area contributed by atoms with Crippen molar-refractivity contribution < 1.29 is 4.74 Å². The van der Waals surface area contributed by atoms with Crippen molar-refractivity contribution in [2.75, 3.05) is 12.5 Å². The van der Waals surface area contributed by atoms with Crippen LogP contribution in [0.2, 0.25) is 10.0 Å². The van der Waals surface area contributed by atoms with Crippen molar-refractivity contribution in [2.24, 2.45) is 5.92 Å². The van der Waals surface area contributed by atoms with Crippen LogP contribution in [0.25, 0.3) is 0 Å². The molecule has 2 unspecified atom stereocenters. The zero-order valence-corrected chi connectivity index (χ0v) is 11.0. The van der Waals surface area contributed by atoms with Gasteiger partial charge in [-0.15, -0.1) is 11.6 Å². The number of rotatable bonds is 2. The third-order valence-electron chi connectivity index (χ3n) is 2.93. The highest BCUT2D eigenvalue weighted by molar-refractivity contribution is 6.42. The summed E-state index contributed by atoms with van der Waals surface area (Å²) in [5, 5.41) is 1.16. The van der Waals surface area contributed by atoms with Crippen LogP contribution in [0.1, 0.15) is 24.5 Å². The molecule has 1 aromatic carbocycles. The van der Waals surface area contributed by atoms with Crippen LogP contribution in [0.15, 0.2) is 18.2 Å². The van der Waals surface area contributed by atoms with Crippen LogP contribution < -0.4 is 0 Å². The molecule has 2 rings (SSSR count). The van der Waals surface area contributed by atoms with Gasteiger partial charge >= 0.3 is 0 Å². The molecule has 0 aliphatic carbocycles. The lowest BCUT2D eigenvalue weighted by Gasteiger charge is -2.31. The Balaban J connectivity index is 2.30. The zero-order chi connectivity index (χ0) is 11.5. The van der Waals surface area contributed by atoms with E-state index in [4.69, 9.17) is 39.5 Å². The molecule has 2 atom stereocenters. The van der Waals surface area contributed by atoms with E-state index >= 15 is 0 Å². The molecule has 1 nitrogen and oxygen atoms in total. The summed E-state index contributed by atoms with van der Waals surface area (Å²) >= 11 is 18.2.